The third kappa shape index (κ3) is 6.62. The van der Waals surface area contributed by atoms with Crippen molar-refractivity contribution in [2.45, 2.75) is 57.8 Å². The van der Waals surface area contributed by atoms with E-state index in [9.17, 15) is 8.42 Å². The molecule has 2 fully saturated rings. The highest BCUT2D eigenvalue weighted by atomic mass is 35.5. The molecule has 1 saturated carbocycles. The van der Waals surface area contributed by atoms with Gasteiger partial charge in [-0.05, 0) is 61.1 Å². The second-order valence-electron chi connectivity index (χ2n) is 12.5. The van der Waals surface area contributed by atoms with Gasteiger partial charge in [0.05, 0.1) is 30.2 Å². The minimum Gasteiger partial charge on any atom is -0.379 e. The van der Waals surface area contributed by atoms with Crippen LogP contribution in [0.2, 0.25) is 5.02 Å². The Bertz CT molecular complexity index is 1720. The predicted octanol–water partition coefficient (Wildman–Crippen LogP) is 4.16. The molecule has 232 valence electrons. The number of sulfonamides is 1. The van der Waals surface area contributed by atoms with Crippen molar-refractivity contribution in [2.24, 2.45) is 0 Å². The molecule has 0 radical (unpaired) electrons. The molecule has 10 heteroatoms. The summed E-state index contributed by atoms with van der Waals surface area (Å²) in [6, 6.07) is 13.2. The van der Waals surface area contributed by atoms with Crippen LogP contribution in [0.25, 0.3) is 11.3 Å². The van der Waals surface area contributed by atoms with Gasteiger partial charge in [0.25, 0.3) is 0 Å². The van der Waals surface area contributed by atoms with Gasteiger partial charge in [-0.2, -0.15) is 9.40 Å². The Balaban J connectivity index is 1.16. The maximum Gasteiger partial charge on any atom is 0.211 e. The molecule has 1 saturated heterocycles. The number of rotatable bonds is 7. The van der Waals surface area contributed by atoms with Crippen LogP contribution < -0.4 is 0 Å². The third-order valence-corrected chi connectivity index (χ3v) is 11.0. The predicted molar refractivity (Wildman–Crippen MR) is 173 cm³/mol. The minimum absolute atomic E-state index is 0.323. The SMILES string of the molecule is CS(=O)(=O)N1CCc2c(c(-c3ccc(Cl)c(C#Cc4ccc5c(c4)CN(C4CC4)CC5)c3)nn2CCCN2CCOCC2)C1. The first kappa shape index (κ1) is 30.0. The van der Waals surface area contributed by atoms with E-state index in [1.807, 2.05) is 18.2 Å². The Morgan fingerprint density at radius 1 is 0.955 bits per heavy atom. The number of hydrogen-bond donors (Lipinski definition) is 0. The van der Waals surface area contributed by atoms with Crippen molar-refractivity contribution in [2.75, 3.05) is 52.2 Å². The van der Waals surface area contributed by atoms with Crippen molar-refractivity contribution in [1.82, 2.24) is 23.9 Å². The number of hydrogen-bond acceptors (Lipinski definition) is 6. The maximum absolute atomic E-state index is 12.5. The first-order chi connectivity index (χ1) is 21.3. The highest BCUT2D eigenvalue weighted by Crippen LogP contribution is 2.34. The summed E-state index contributed by atoms with van der Waals surface area (Å²) in [5.74, 6) is 6.70. The Morgan fingerprint density at radius 3 is 2.59 bits per heavy atom. The van der Waals surface area contributed by atoms with Crippen molar-refractivity contribution >= 4 is 21.6 Å². The van der Waals surface area contributed by atoms with Gasteiger partial charge in [0.15, 0.2) is 0 Å². The molecule has 0 unspecified atom stereocenters. The van der Waals surface area contributed by atoms with E-state index in [0.717, 1.165) is 105 Å². The summed E-state index contributed by atoms with van der Waals surface area (Å²) in [5, 5.41) is 5.67. The lowest BCUT2D eigenvalue weighted by molar-refractivity contribution is 0.0368. The molecule has 3 aliphatic heterocycles. The van der Waals surface area contributed by atoms with Crippen LogP contribution in [0.5, 0.6) is 0 Å². The van der Waals surface area contributed by atoms with E-state index < -0.39 is 10.0 Å². The van der Waals surface area contributed by atoms with E-state index in [0.29, 0.717) is 24.5 Å². The van der Waals surface area contributed by atoms with Crippen molar-refractivity contribution in [1.29, 1.82) is 0 Å². The summed E-state index contributed by atoms with van der Waals surface area (Å²) < 4.78 is 34.2. The van der Waals surface area contributed by atoms with Gasteiger partial charge in [-0.3, -0.25) is 14.5 Å². The summed E-state index contributed by atoms with van der Waals surface area (Å²) in [6.45, 7) is 8.23. The Hall–Kier alpha value is -2.71. The monoisotopic (exact) mass is 633 g/mol. The van der Waals surface area contributed by atoms with Gasteiger partial charge < -0.3 is 4.74 Å². The number of aryl methyl sites for hydroxylation is 1. The fourth-order valence-electron chi connectivity index (χ4n) is 6.75. The average molecular weight is 634 g/mol. The Morgan fingerprint density at radius 2 is 1.80 bits per heavy atom. The van der Waals surface area contributed by atoms with Crippen LogP contribution in [0.3, 0.4) is 0 Å². The van der Waals surface area contributed by atoms with Crippen LogP contribution in [-0.4, -0.2) is 90.5 Å². The van der Waals surface area contributed by atoms with Gasteiger partial charge in [0.2, 0.25) is 10.0 Å². The first-order valence-electron chi connectivity index (χ1n) is 15.8. The van der Waals surface area contributed by atoms with Crippen LogP contribution >= 0.6 is 11.6 Å². The summed E-state index contributed by atoms with van der Waals surface area (Å²) in [7, 11) is -3.32. The van der Waals surface area contributed by atoms with Crippen LogP contribution in [0.1, 0.15) is 52.8 Å². The third-order valence-electron chi connectivity index (χ3n) is 9.41. The molecular formula is C34H40ClN5O3S. The van der Waals surface area contributed by atoms with Crippen LogP contribution in [0.4, 0.5) is 0 Å². The van der Waals surface area contributed by atoms with E-state index in [1.54, 1.807) is 4.31 Å². The first-order valence-corrected chi connectivity index (χ1v) is 18.1. The molecule has 44 heavy (non-hydrogen) atoms. The zero-order valence-electron chi connectivity index (χ0n) is 25.4. The van der Waals surface area contributed by atoms with Crippen LogP contribution in [-0.2, 0) is 47.2 Å². The molecule has 7 rings (SSSR count). The Labute approximate surface area is 266 Å². The van der Waals surface area contributed by atoms with E-state index in [1.165, 1.54) is 30.2 Å². The second-order valence-corrected chi connectivity index (χ2v) is 14.9. The second kappa shape index (κ2) is 12.6. The molecule has 0 spiro atoms. The summed E-state index contributed by atoms with van der Waals surface area (Å²) in [4.78, 5) is 5.04. The smallest absolute Gasteiger partial charge is 0.211 e. The van der Waals surface area contributed by atoms with Gasteiger partial charge in [-0.25, -0.2) is 8.42 Å². The number of morpholine rings is 1. The largest absolute Gasteiger partial charge is 0.379 e. The summed E-state index contributed by atoms with van der Waals surface area (Å²) in [5.41, 5.74) is 8.37. The zero-order chi connectivity index (χ0) is 30.3. The number of benzene rings is 2. The van der Waals surface area contributed by atoms with Crippen molar-refractivity contribution in [3.63, 3.8) is 0 Å². The molecule has 4 heterocycles. The molecule has 0 N–H and O–H groups in total. The normalized spacial score (nSPS) is 19.7. The zero-order valence-corrected chi connectivity index (χ0v) is 27.0. The lowest BCUT2D eigenvalue weighted by atomic mass is 9.97. The average Bonchev–Trinajstić information content (AvgIpc) is 3.82. The molecule has 1 aliphatic carbocycles. The van der Waals surface area contributed by atoms with Crippen LogP contribution in [0, 0.1) is 11.8 Å². The van der Waals surface area contributed by atoms with Gasteiger partial charge in [0, 0.05) is 92.8 Å². The molecule has 2 aromatic carbocycles. The lowest BCUT2D eigenvalue weighted by Gasteiger charge is -2.28. The number of aromatic nitrogens is 2. The van der Waals surface area contributed by atoms with Gasteiger partial charge in [-0.15, -0.1) is 0 Å². The molecule has 1 aromatic heterocycles. The Kier molecular flexibility index (Phi) is 8.57. The minimum atomic E-state index is -3.32. The maximum atomic E-state index is 12.5. The van der Waals surface area contributed by atoms with Crippen LogP contribution in [0.15, 0.2) is 36.4 Å². The molecule has 3 aromatic rings. The van der Waals surface area contributed by atoms with Crippen molar-refractivity contribution in [3.8, 4) is 23.1 Å². The number of halogens is 1. The fourth-order valence-corrected chi connectivity index (χ4v) is 7.70. The molecular weight excluding hydrogens is 594 g/mol. The number of fused-ring (bicyclic) bond motifs is 2. The van der Waals surface area contributed by atoms with E-state index in [-0.39, 0.29) is 0 Å². The van der Waals surface area contributed by atoms with E-state index in [2.05, 4.69) is 44.5 Å². The van der Waals surface area contributed by atoms with E-state index in [4.69, 9.17) is 21.4 Å². The van der Waals surface area contributed by atoms with Crippen molar-refractivity contribution in [3.05, 3.63) is 74.9 Å². The molecule has 0 atom stereocenters. The number of ether oxygens (including phenoxy) is 1. The highest BCUT2D eigenvalue weighted by Gasteiger charge is 2.32. The molecule has 0 bridgehead atoms. The van der Waals surface area contributed by atoms with Crippen molar-refractivity contribution < 1.29 is 13.2 Å². The molecule has 8 nitrogen and oxygen atoms in total. The van der Waals surface area contributed by atoms with E-state index >= 15 is 0 Å². The standard InChI is InChI=1S/C34H40ClN5O3S/c1-44(41,42)39-16-12-33-31(24-39)34(36-40(33)14-2-13-37-17-19-43-20-18-37)28-7-10-32(35)27(22-28)6-4-25-3-5-26-11-15-38(30-8-9-30)23-29(26)21-25/h3,5,7,10,21-22,30H,2,8-9,11-20,23-24H2,1H3. The molecule has 0 amide bonds. The summed E-state index contributed by atoms with van der Waals surface area (Å²) in [6.07, 6.45) is 6.65. The molecule has 4 aliphatic rings. The highest BCUT2D eigenvalue weighted by molar-refractivity contribution is 7.88. The fraction of sp³-hybridized carbons (Fsp3) is 0.500. The summed E-state index contributed by atoms with van der Waals surface area (Å²) >= 11 is 6.66. The van der Waals surface area contributed by atoms with Gasteiger partial charge in [-0.1, -0.05) is 35.6 Å². The topological polar surface area (TPSA) is 70.9 Å². The van der Waals surface area contributed by atoms with Gasteiger partial charge in [0.1, 0.15) is 0 Å². The quantitative estimate of drug-likeness (QED) is 0.364. The lowest BCUT2D eigenvalue weighted by Crippen LogP contribution is -2.37. The van der Waals surface area contributed by atoms with Gasteiger partial charge >= 0.3 is 0 Å². The number of nitrogens with zero attached hydrogens (tertiary/aromatic N) is 5.